The van der Waals surface area contributed by atoms with Crippen LogP contribution in [0.3, 0.4) is 0 Å². The Morgan fingerprint density at radius 3 is 1.31 bits per heavy atom. The van der Waals surface area contributed by atoms with E-state index in [9.17, 15) is 14.4 Å². The largest absolute Gasteiger partial charge is 0.484 e. The molecular weight excluding hydrogens is 693 g/mol. The van der Waals surface area contributed by atoms with Crippen LogP contribution in [0.15, 0.2) is 84.9 Å². The van der Waals surface area contributed by atoms with Gasteiger partial charge in [0, 0.05) is 10.8 Å². The van der Waals surface area contributed by atoms with Gasteiger partial charge in [-0.15, -0.1) is 0 Å². The molecule has 0 saturated carbocycles. The lowest BCUT2D eigenvalue weighted by Gasteiger charge is -2.41. The predicted octanol–water partition coefficient (Wildman–Crippen LogP) is 10.9. The third kappa shape index (κ3) is 7.00. The molecule has 55 heavy (non-hydrogen) atoms. The fourth-order valence-corrected chi connectivity index (χ4v) is 7.26. The average molecular weight is 747 g/mol. The molecular formula is C47H54O8. The van der Waals surface area contributed by atoms with Crippen LogP contribution in [0.25, 0.3) is 0 Å². The maximum absolute atomic E-state index is 14.6. The molecule has 1 unspecified atom stereocenters. The van der Waals surface area contributed by atoms with Crippen molar-refractivity contribution in [1.29, 1.82) is 0 Å². The number of carbonyl (C=O) groups is 3. The van der Waals surface area contributed by atoms with Gasteiger partial charge in [0.15, 0.2) is 0 Å². The molecule has 0 amide bonds. The topological polar surface area (TPSA) is 97.4 Å². The fraction of sp³-hybridized carbons (Fsp3) is 0.426. The minimum Gasteiger partial charge on any atom is -0.484 e. The molecule has 4 aromatic rings. The number of hydrogen-bond acceptors (Lipinski definition) is 8. The molecule has 0 spiro atoms. The molecule has 290 valence electrons. The van der Waals surface area contributed by atoms with Crippen molar-refractivity contribution < 1.29 is 38.1 Å². The zero-order valence-corrected chi connectivity index (χ0v) is 34.3. The van der Waals surface area contributed by atoms with E-state index in [1.54, 1.807) is 57.2 Å². The molecule has 6 aliphatic rings. The van der Waals surface area contributed by atoms with E-state index in [4.69, 9.17) is 23.7 Å². The number of rotatable bonds is 2. The van der Waals surface area contributed by atoms with Crippen LogP contribution < -0.4 is 14.2 Å². The van der Waals surface area contributed by atoms with Crippen molar-refractivity contribution in [2.24, 2.45) is 5.41 Å². The highest BCUT2D eigenvalue weighted by Crippen LogP contribution is 2.44. The summed E-state index contributed by atoms with van der Waals surface area (Å²) in [4.78, 5) is 43.2. The summed E-state index contributed by atoms with van der Waals surface area (Å²) in [5.74, 6) is -0.442. The van der Waals surface area contributed by atoms with Gasteiger partial charge < -0.3 is 23.7 Å². The second-order valence-corrected chi connectivity index (χ2v) is 17.7. The Balaban J connectivity index is 1.64. The second kappa shape index (κ2) is 13.6. The SMILES string of the molecule is CCCC1(C)C(=O)Oc2ccc(cc2)C(C)(C)c2ccc3c(c2)C(=O)OC(C)(C)C(C)(C)Oc2ccc(cc2)C(C)(C)c2ccc(c(c2)C(=O)OC1(C)C)O3. The molecule has 0 aromatic heterocycles. The molecule has 6 heterocycles. The van der Waals surface area contributed by atoms with Gasteiger partial charge in [-0.05, 0) is 126 Å². The minimum absolute atomic E-state index is 0.135. The maximum Gasteiger partial charge on any atom is 0.342 e. The minimum atomic E-state index is -1.33. The van der Waals surface area contributed by atoms with Gasteiger partial charge in [0.25, 0.3) is 0 Å². The van der Waals surface area contributed by atoms with Gasteiger partial charge >= 0.3 is 17.9 Å². The number of carbonyl (C=O) groups excluding carboxylic acids is 3. The molecule has 0 aliphatic carbocycles. The summed E-state index contributed by atoms with van der Waals surface area (Å²) < 4.78 is 31.9. The summed E-state index contributed by atoms with van der Waals surface area (Å²) in [5, 5.41) is 0. The first-order chi connectivity index (χ1) is 25.5. The smallest absolute Gasteiger partial charge is 0.342 e. The number of ether oxygens (including phenoxy) is 5. The number of fused-ring (bicyclic) bond motifs is 2. The molecule has 0 fully saturated rings. The van der Waals surface area contributed by atoms with Crippen molar-refractivity contribution in [3.8, 4) is 23.0 Å². The number of benzene rings is 4. The van der Waals surface area contributed by atoms with Crippen LogP contribution in [0.5, 0.6) is 23.0 Å². The Bertz CT molecular complexity index is 2140. The van der Waals surface area contributed by atoms with Crippen LogP contribution in [0.2, 0.25) is 0 Å². The lowest BCUT2D eigenvalue weighted by atomic mass is 9.72. The second-order valence-electron chi connectivity index (χ2n) is 17.7. The standard InChI is InChI=1S/C47H54O8/c1-13-26-47(12)41(50)51-33-20-14-29(15-21-33)42(2,3)31-18-24-37-35(27-31)39(48)54-45(8,9)44(6,7)53-34-22-16-30(17-23-34)43(4,5)32-19-25-38(52-37)36(28-32)40(49)55-46(47,10)11/h14-25,27-28H,13,26H2,1-12H3. The van der Waals surface area contributed by atoms with E-state index in [0.29, 0.717) is 24.3 Å². The molecule has 1 atom stereocenters. The summed E-state index contributed by atoms with van der Waals surface area (Å²) in [7, 11) is 0. The first kappa shape index (κ1) is 39.6. The van der Waals surface area contributed by atoms with Gasteiger partial charge in [0.1, 0.15) is 56.3 Å². The van der Waals surface area contributed by atoms with Crippen molar-refractivity contribution in [1.82, 2.24) is 0 Å². The Morgan fingerprint density at radius 1 is 0.455 bits per heavy atom. The summed E-state index contributed by atoms with van der Waals surface area (Å²) in [5.41, 5.74) is -1.96. The molecule has 0 saturated heterocycles. The molecule has 8 nitrogen and oxygen atoms in total. The third-order valence-electron chi connectivity index (χ3n) is 12.5. The maximum atomic E-state index is 14.6. The average Bonchev–Trinajstić information content (AvgIpc) is 3.11. The van der Waals surface area contributed by atoms with E-state index in [0.717, 1.165) is 22.3 Å². The summed E-state index contributed by atoms with van der Waals surface area (Å²) in [6.45, 7) is 22.9. The number of esters is 3. The van der Waals surface area contributed by atoms with Crippen molar-refractivity contribution in [2.75, 3.05) is 0 Å². The van der Waals surface area contributed by atoms with Crippen molar-refractivity contribution >= 4 is 17.9 Å². The summed E-state index contributed by atoms with van der Waals surface area (Å²) in [6.07, 6.45) is 1.04. The normalized spacial score (nSPS) is 22.1. The van der Waals surface area contributed by atoms with E-state index in [1.807, 2.05) is 83.1 Å². The lowest BCUT2D eigenvalue weighted by Crippen LogP contribution is -2.52. The van der Waals surface area contributed by atoms with Gasteiger partial charge in [-0.25, -0.2) is 9.59 Å². The van der Waals surface area contributed by atoms with Crippen LogP contribution >= 0.6 is 0 Å². The van der Waals surface area contributed by atoms with E-state index in [1.165, 1.54) is 0 Å². The van der Waals surface area contributed by atoms with Gasteiger partial charge in [-0.2, -0.15) is 0 Å². The highest BCUT2D eigenvalue weighted by Gasteiger charge is 2.51. The lowest BCUT2D eigenvalue weighted by molar-refractivity contribution is -0.161. The van der Waals surface area contributed by atoms with E-state index >= 15 is 0 Å². The third-order valence-corrected chi connectivity index (χ3v) is 12.5. The molecule has 0 radical (unpaired) electrons. The first-order valence-electron chi connectivity index (χ1n) is 19.1. The van der Waals surface area contributed by atoms with Crippen LogP contribution in [0.1, 0.15) is 139 Å². The van der Waals surface area contributed by atoms with Gasteiger partial charge in [-0.1, -0.05) is 77.4 Å². The molecule has 10 bridgehead atoms. The van der Waals surface area contributed by atoms with Crippen LogP contribution in [0, 0.1) is 5.41 Å². The van der Waals surface area contributed by atoms with Crippen molar-refractivity contribution in [3.63, 3.8) is 0 Å². The molecule has 6 aliphatic heterocycles. The van der Waals surface area contributed by atoms with Gasteiger partial charge in [0.05, 0.1) is 0 Å². The Morgan fingerprint density at radius 2 is 0.855 bits per heavy atom. The molecule has 0 N–H and O–H groups in total. The van der Waals surface area contributed by atoms with E-state index in [-0.39, 0.29) is 22.6 Å². The van der Waals surface area contributed by atoms with Crippen LogP contribution in [-0.2, 0) is 25.1 Å². The van der Waals surface area contributed by atoms with Crippen LogP contribution in [0.4, 0.5) is 0 Å². The highest BCUT2D eigenvalue weighted by molar-refractivity contribution is 5.95. The molecule has 8 heteroatoms. The predicted molar refractivity (Wildman–Crippen MR) is 212 cm³/mol. The first-order valence-corrected chi connectivity index (χ1v) is 19.1. The molecule has 4 aromatic carbocycles. The van der Waals surface area contributed by atoms with E-state index in [2.05, 4.69) is 27.7 Å². The monoisotopic (exact) mass is 746 g/mol. The summed E-state index contributed by atoms with van der Waals surface area (Å²) >= 11 is 0. The van der Waals surface area contributed by atoms with Crippen molar-refractivity contribution in [3.05, 3.63) is 118 Å². The zero-order chi connectivity index (χ0) is 40.4. The van der Waals surface area contributed by atoms with Crippen LogP contribution in [-0.4, -0.2) is 34.7 Å². The fourth-order valence-electron chi connectivity index (χ4n) is 7.26. The highest BCUT2D eigenvalue weighted by atomic mass is 16.6. The Kier molecular flexibility index (Phi) is 9.77. The Labute approximate surface area is 325 Å². The van der Waals surface area contributed by atoms with Gasteiger partial charge in [0.2, 0.25) is 0 Å². The Hall–Kier alpha value is -5.11. The van der Waals surface area contributed by atoms with Crippen molar-refractivity contribution in [2.45, 2.75) is 124 Å². The zero-order valence-electron chi connectivity index (χ0n) is 34.3. The quantitative estimate of drug-likeness (QED) is 0.148. The van der Waals surface area contributed by atoms with E-state index < -0.39 is 51.0 Å². The van der Waals surface area contributed by atoms with Gasteiger partial charge in [-0.3, -0.25) is 4.79 Å². The number of hydrogen-bond donors (Lipinski definition) is 0. The summed E-state index contributed by atoms with van der Waals surface area (Å²) in [6, 6.07) is 26.0. The molecule has 10 rings (SSSR count).